The molecule has 0 atom stereocenters. The van der Waals surface area contributed by atoms with Gasteiger partial charge in [0.05, 0.1) is 16.6 Å². The van der Waals surface area contributed by atoms with E-state index in [9.17, 15) is 14.5 Å². The molecular formula is C14H9FN2O3. The second kappa shape index (κ2) is 5.80. The molecule has 6 heteroatoms. The molecule has 2 aromatic carbocycles. The topological polar surface area (TPSA) is 76.2 Å². The highest BCUT2D eigenvalue weighted by Gasteiger charge is 2.08. The van der Waals surface area contributed by atoms with Gasteiger partial charge in [0.25, 0.3) is 5.69 Å². The number of halogens is 1. The fourth-order valence-electron chi connectivity index (χ4n) is 1.61. The summed E-state index contributed by atoms with van der Waals surface area (Å²) in [5.41, 5.74) is 0.708. The summed E-state index contributed by atoms with van der Waals surface area (Å²) in [6, 6.07) is 11.6. The number of nitro benzene ring substituents is 1. The zero-order valence-electron chi connectivity index (χ0n) is 10.2. The molecule has 0 N–H and O–H groups in total. The minimum Gasteiger partial charge on any atom is -0.486 e. The number of hydrogen-bond acceptors (Lipinski definition) is 4. The van der Waals surface area contributed by atoms with Crippen LogP contribution in [-0.4, -0.2) is 4.92 Å². The van der Waals surface area contributed by atoms with E-state index in [4.69, 9.17) is 10.00 Å². The van der Waals surface area contributed by atoms with Crippen molar-refractivity contribution in [3.8, 4) is 11.8 Å². The summed E-state index contributed by atoms with van der Waals surface area (Å²) in [5, 5.41) is 19.2. The Morgan fingerprint density at radius 3 is 2.75 bits per heavy atom. The van der Waals surface area contributed by atoms with Gasteiger partial charge in [-0.1, -0.05) is 12.1 Å². The van der Waals surface area contributed by atoms with Crippen molar-refractivity contribution >= 4 is 5.69 Å². The van der Waals surface area contributed by atoms with Crippen LogP contribution in [-0.2, 0) is 6.61 Å². The van der Waals surface area contributed by atoms with Crippen LogP contribution < -0.4 is 4.74 Å². The number of nitriles is 1. The van der Waals surface area contributed by atoms with Crippen LogP contribution in [0.2, 0.25) is 0 Å². The first-order valence-electron chi connectivity index (χ1n) is 5.66. The molecule has 2 rings (SSSR count). The third-order valence-electron chi connectivity index (χ3n) is 2.58. The molecule has 5 nitrogen and oxygen atoms in total. The molecule has 0 aliphatic rings. The quantitative estimate of drug-likeness (QED) is 0.632. The van der Waals surface area contributed by atoms with Crippen LogP contribution in [0.25, 0.3) is 0 Å². The van der Waals surface area contributed by atoms with Crippen molar-refractivity contribution in [2.45, 2.75) is 6.61 Å². The van der Waals surface area contributed by atoms with Crippen LogP contribution in [0.3, 0.4) is 0 Å². The maximum Gasteiger partial charge on any atom is 0.269 e. The first-order valence-corrected chi connectivity index (χ1v) is 5.66. The van der Waals surface area contributed by atoms with Crippen LogP contribution in [0.5, 0.6) is 5.75 Å². The number of non-ortho nitro benzene ring substituents is 1. The Hall–Kier alpha value is -2.94. The highest BCUT2D eigenvalue weighted by atomic mass is 19.1. The summed E-state index contributed by atoms with van der Waals surface area (Å²) in [6.45, 7) is 0.00446. The molecule has 0 aliphatic carbocycles. The van der Waals surface area contributed by atoms with E-state index in [2.05, 4.69) is 0 Å². The highest BCUT2D eigenvalue weighted by Crippen LogP contribution is 2.20. The van der Waals surface area contributed by atoms with E-state index >= 15 is 0 Å². The minimum absolute atomic E-state index is 0.00416. The Labute approximate surface area is 114 Å². The Kier molecular flexibility index (Phi) is 3.91. The first kappa shape index (κ1) is 13.5. The molecule has 0 bridgehead atoms. The van der Waals surface area contributed by atoms with Crippen LogP contribution in [0.15, 0.2) is 42.5 Å². The summed E-state index contributed by atoms with van der Waals surface area (Å²) in [6.07, 6.45) is 0. The van der Waals surface area contributed by atoms with Crippen molar-refractivity contribution in [2.24, 2.45) is 0 Å². The number of nitro groups is 1. The minimum atomic E-state index is -0.644. The molecule has 0 saturated heterocycles. The van der Waals surface area contributed by atoms with Crippen LogP contribution in [0.4, 0.5) is 10.1 Å². The fraction of sp³-hybridized carbons (Fsp3) is 0.0714. The van der Waals surface area contributed by atoms with E-state index in [1.807, 2.05) is 6.07 Å². The Morgan fingerprint density at radius 2 is 2.10 bits per heavy atom. The average molecular weight is 272 g/mol. The number of ether oxygens (including phenoxy) is 1. The number of hydrogen-bond donors (Lipinski definition) is 0. The van der Waals surface area contributed by atoms with Crippen molar-refractivity contribution in [1.82, 2.24) is 0 Å². The van der Waals surface area contributed by atoms with Gasteiger partial charge in [0.15, 0.2) is 11.6 Å². The highest BCUT2D eigenvalue weighted by molar-refractivity contribution is 5.37. The molecule has 20 heavy (non-hydrogen) atoms. The molecule has 0 heterocycles. The SMILES string of the molecule is N#Cc1ccc(OCc2cccc([N+](=O)[O-])c2)c(F)c1. The van der Waals surface area contributed by atoms with Gasteiger partial charge in [0, 0.05) is 12.1 Å². The van der Waals surface area contributed by atoms with E-state index in [1.54, 1.807) is 6.07 Å². The van der Waals surface area contributed by atoms with Gasteiger partial charge in [0.1, 0.15) is 6.61 Å². The predicted octanol–water partition coefficient (Wildman–Crippen LogP) is 3.18. The summed E-state index contributed by atoms with van der Waals surface area (Å²) < 4.78 is 18.8. The van der Waals surface area contributed by atoms with Gasteiger partial charge in [-0.25, -0.2) is 4.39 Å². The Morgan fingerprint density at radius 1 is 1.30 bits per heavy atom. The largest absolute Gasteiger partial charge is 0.486 e. The standard InChI is InChI=1S/C14H9FN2O3/c15-13-7-10(8-16)4-5-14(13)20-9-11-2-1-3-12(6-11)17(18)19/h1-7H,9H2. The number of rotatable bonds is 4. The maximum absolute atomic E-state index is 13.6. The smallest absolute Gasteiger partial charge is 0.269 e. The predicted molar refractivity (Wildman–Crippen MR) is 68.5 cm³/mol. The van der Waals surface area contributed by atoms with Crippen molar-refractivity contribution < 1.29 is 14.1 Å². The lowest BCUT2D eigenvalue weighted by atomic mass is 10.2. The zero-order chi connectivity index (χ0) is 14.5. The van der Waals surface area contributed by atoms with Gasteiger partial charge in [0.2, 0.25) is 0 Å². The molecule has 0 aromatic heterocycles. The molecular weight excluding hydrogens is 263 g/mol. The average Bonchev–Trinajstić information content (AvgIpc) is 2.46. The lowest BCUT2D eigenvalue weighted by Crippen LogP contribution is -1.98. The van der Waals surface area contributed by atoms with E-state index < -0.39 is 10.7 Å². The Bertz CT molecular complexity index is 695. The van der Waals surface area contributed by atoms with Crippen molar-refractivity contribution in [3.63, 3.8) is 0 Å². The zero-order valence-corrected chi connectivity index (χ0v) is 10.2. The first-order chi connectivity index (χ1) is 9.60. The van der Waals surface area contributed by atoms with Crippen LogP contribution in [0, 0.1) is 27.3 Å². The van der Waals surface area contributed by atoms with Crippen molar-refractivity contribution in [3.05, 3.63) is 69.5 Å². The van der Waals surface area contributed by atoms with Gasteiger partial charge >= 0.3 is 0 Å². The lowest BCUT2D eigenvalue weighted by molar-refractivity contribution is -0.384. The van der Waals surface area contributed by atoms with Crippen LogP contribution >= 0.6 is 0 Å². The molecule has 2 aromatic rings. The summed E-state index contributed by atoms with van der Waals surface area (Å²) in [4.78, 5) is 10.1. The summed E-state index contributed by atoms with van der Waals surface area (Å²) in [5.74, 6) is -0.648. The van der Waals surface area contributed by atoms with Gasteiger partial charge < -0.3 is 4.74 Å². The van der Waals surface area contributed by atoms with E-state index in [1.165, 1.54) is 30.3 Å². The number of benzene rings is 2. The lowest BCUT2D eigenvalue weighted by Gasteiger charge is -2.07. The third kappa shape index (κ3) is 3.09. The maximum atomic E-state index is 13.6. The molecule has 0 saturated carbocycles. The van der Waals surface area contributed by atoms with Gasteiger partial charge in [-0.15, -0.1) is 0 Å². The Balaban J connectivity index is 2.11. The van der Waals surface area contributed by atoms with Gasteiger partial charge in [-0.3, -0.25) is 10.1 Å². The van der Waals surface area contributed by atoms with E-state index in [-0.39, 0.29) is 23.6 Å². The molecule has 0 aliphatic heterocycles. The van der Waals surface area contributed by atoms with Crippen LogP contribution in [0.1, 0.15) is 11.1 Å². The summed E-state index contributed by atoms with van der Waals surface area (Å²) in [7, 11) is 0. The van der Waals surface area contributed by atoms with E-state index in [0.29, 0.717) is 5.56 Å². The molecule has 0 fully saturated rings. The van der Waals surface area contributed by atoms with Crippen molar-refractivity contribution in [2.75, 3.05) is 0 Å². The molecule has 0 spiro atoms. The fourth-order valence-corrected chi connectivity index (χ4v) is 1.61. The van der Waals surface area contributed by atoms with Gasteiger partial charge in [-0.2, -0.15) is 5.26 Å². The van der Waals surface area contributed by atoms with Crippen molar-refractivity contribution in [1.29, 1.82) is 5.26 Å². The molecule has 0 unspecified atom stereocenters. The second-order valence-electron chi connectivity index (χ2n) is 3.97. The molecule has 100 valence electrons. The normalized spacial score (nSPS) is 9.80. The summed E-state index contributed by atoms with van der Waals surface area (Å²) >= 11 is 0. The van der Waals surface area contributed by atoms with Gasteiger partial charge in [-0.05, 0) is 23.8 Å². The second-order valence-corrected chi connectivity index (χ2v) is 3.97. The number of nitrogens with zero attached hydrogens (tertiary/aromatic N) is 2. The molecule has 0 amide bonds. The third-order valence-corrected chi connectivity index (χ3v) is 2.58. The molecule has 0 radical (unpaired) electrons. The van der Waals surface area contributed by atoms with E-state index in [0.717, 1.165) is 6.07 Å². The monoisotopic (exact) mass is 272 g/mol.